The minimum Gasteiger partial charge on any atom is -0.497 e. The number of ether oxygens (including phenoxy) is 1. The lowest BCUT2D eigenvalue weighted by Crippen LogP contribution is -1.94. The van der Waals surface area contributed by atoms with Gasteiger partial charge in [0.05, 0.1) is 12.8 Å². The number of aliphatic imine (C=N–C) groups is 1. The van der Waals surface area contributed by atoms with E-state index in [2.05, 4.69) is 36.2 Å². The summed E-state index contributed by atoms with van der Waals surface area (Å²) in [6.45, 7) is 4.19. The van der Waals surface area contributed by atoms with Crippen LogP contribution in [-0.4, -0.2) is 12.8 Å². The largest absolute Gasteiger partial charge is 0.497 e. The average Bonchev–Trinajstić information content (AvgIpc) is 2.48. The Kier molecular flexibility index (Phi) is 4.35. The monoisotopic (exact) mass is 253 g/mol. The SMILES string of the molecule is CCc1ccc(C(C)=Nc2ccc(OC)cc2)cc1. The van der Waals surface area contributed by atoms with E-state index in [0.29, 0.717) is 0 Å². The summed E-state index contributed by atoms with van der Waals surface area (Å²) in [5, 5.41) is 0. The highest BCUT2D eigenvalue weighted by atomic mass is 16.5. The lowest BCUT2D eigenvalue weighted by atomic mass is 10.1. The third kappa shape index (κ3) is 3.44. The molecule has 0 radical (unpaired) electrons. The van der Waals surface area contributed by atoms with E-state index in [9.17, 15) is 0 Å². The summed E-state index contributed by atoms with van der Waals surface area (Å²) in [5.74, 6) is 0.851. The van der Waals surface area contributed by atoms with Crippen molar-refractivity contribution < 1.29 is 4.74 Å². The number of methoxy groups -OCH3 is 1. The molecule has 0 N–H and O–H groups in total. The van der Waals surface area contributed by atoms with Crippen LogP contribution in [-0.2, 0) is 6.42 Å². The van der Waals surface area contributed by atoms with Crippen molar-refractivity contribution in [2.24, 2.45) is 4.99 Å². The van der Waals surface area contributed by atoms with Gasteiger partial charge < -0.3 is 4.74 Å². The van der Waals surface area contributed by atoms with Crippen LogP contribution in [0, 0.1) is 0 Å². The molecule has 0 spiro atoms. The number of benzene rings is 2. The number of nitrogens with zero attached hydrogens (tertiary/aromatic N) is 1. The second kappa shape index (κ2) is 6.19. The Morgan fingerprint density at radius 1 is 1.00 bits per heavy atom. The zero-order valence-electron chi connectivity index (χ0n) is 11.7. The Bertz CT molecular complexity index is 553. The van der Waals surface area contributed by atoms with E-state index in [1.807, 2.05) is 31.2 Å². The highest BCUT2D eigenvalue weighted by Gasteiger charge is 1.99. The van der Waals surface area contributed by atoms with Crippen molar-refractivity contribution in [3.63, 3.8) is 0 Å². The van der Waals surface area contributed by atoms with Crippen molar-refractivity contribution >= 4 is 11.4 Å². The Labute approximate surface area is 114 Å². The summed E-state index contributed by atoms with van der Waals surface area (Å²) >= 11 is 0. The van der Waals surface area contributed by atoms with Crippen molar-refractivity contribution in [3.05, 3.63) is 59.7 Å². The van der Waals surface area contributed by atoms with Gasteiger partial charge in [0.2, 0.25) is 0 Å². The van der Waals surface area contributed by atoms with Crippen LogP contribution in [0.5, 0.6) is 5.75 Å². The van der Waals surface area contributed by atoms with Crippen LogP contribution in [0.4, 0.5) is 5.69 Å². The van der Waals surface area contributed by atoms with Gasteiger partial charge in [-0.1, -0.05) is 31.2 Å². The third-order valence-corrected chi connectivity index (χ3v) is 3.15. The summed E-state index contributed by atoms with van der Waals surface area (Å²) in [6, 6.07) is 16.3. The van der Waals surface area contributed by atoms with Gasteiger partial charge in [-0.3, -0.25) is 4.99 Å². The van der Waals surface area contributed by atoms with Crippen LogP contribution in [0.25, 0.3) is 0 Å². The van der Waals surface area contributed by atoms with E-state index in [0.717, 1.165) is 29.1 Å². The molecule has 0 amide bonds. The van der Waals surface area contributed by atoms with Gasteiger partial charge >= 0.3 is 0 Å². The molecule has 0 saturated carbocycles. The third-order valence-electron chi connectivity index (χ3n) is 3.15. The molecule has 2 rings (SSSR count). The fraction of sp³-hybridized carbons (Fsp3) is 0.235. The summed E-state index contributed by atoms with van der Waals surface area (Å²) in [5.41, 5.74) is 4.47. The number of aryl methyl sites for hydroxylation is 1. The molecule has 0 aliphatic carbocycles. The van der Waals surface area contributed by atoms with Crippen LogP contribution < -0.4 is 4.74 Å². The summed E-state index contributed by atoms with van der Waals surface area (Å²) in [7, 11) is 1.67. The minimum atomic E-state index is 0.851. The van der Waals surface area contributed by atoms with E-state index >= 15 is 0 Å². The van der Waals surface area contributed by atoms with Crippen molar-refractivity contribution in [1.29, 1.82) is 0 Å². The van der Waals surface area contributed by atoms with Crippen molar-refractivity contribution in [1.82, 2.24) is 0 Å². The number of hydrogen-bond donors (Lipinski definition) is 0. The molecule has 2 heteroatoms. The standard InChI is InChI=1S/C17H19NO/c1-4-14-5-7-15(8-6-14)13(2)18-16-9-11-17(19-3)12-10-16/h5-12H,4H2,1-3H3. The maximum absolute atomic E-state index is 5.14. The molecule has 2 aromatic rings. The Morgan fingerprint density at radius 2 is 1.63 bits per heavy atom. The molecule has 0 heterocycles. The molecular formula is C17H19NO. The lowest BCUT2D eigenvalue weighted by Gasteiger charge is -2.04. The highest BCUT2D eigenvalue weighted by molar-refractivity contribution is 6.00. The van der Waals surface area contributed by atoms with Gasteiger partial charge in [-0.25, -0.2) is 0 Å². The first-order chi connectivity index (χ1) is 9.22. The summed E-state index contributed by atoms with van der Waals surface area (Å²) in [4.78, 5) is 4.62. The Balaban J connectivity index is 2.20. The smallest absolute Gasteiger partial charge is 0.119 e. The second-order valence-electron chi connectivity index (χ2n) is 4.45. The van der Waals surface area contributed by atoms with Gasteiger partial charge in [-0.05, 0) is 48.7 Å². The molecule has 0 fully saturated rings. The molecule has 0 unspecified atom stereocenters. The lowest BCUT2D eigenvalue weighted by molar-refractivity contribution is 0.415. The fourth-order valence-corrected chi connectivity index (χ4v) is 1.90. The van der Waals surface area contributed by atoms with Crippen LogP contribution in [0.15, 0.2) is 53.5 Å². The Hall–Kier alpha value is -2.09. The maximum atomic E-state index is 5.14. The molecule has 0 atom stereocenters. The van der Waals surface area contributed by atoms with Crippen LogP contribution >= 0.6 is 0 Å². The molecule has 0 aliphatic rings. The average molecular weight is 253 g/mol. The van der Waals surface area contributed by atoms with Crippen molar-refractivity contribution in [2.75, 3.05) is 7.11 Å². The zero-order valence-corrected chi connectivity index (χ0v) is 11.7. The first kappa shape index (κ1) is 13.3. The molecule has 19 heavy (non-hydrogen) atoms. The number of rotatable bonds is 4. The van der Waals surface area contributed by atoms with Crippen LogP contribution in [0.3, 0.4) is 0 Å². The Morgan fingerprint density at radius 3 is 2.16 bits per heavy atom. The normalized spacial score (nSPS) is 11.4. The number of hydrogen-bond acceptors (Lipinski definition) is 2. The summed E-state index contributed by atoms with van der Waals surface area (Å²) in [6.07, 6.45) is 1.06. The molecular weight excluding hydrogens is 234 g/mol. The van der Waals surface area contributed by atoms with Crippen molar-refractivity contribution in [2.45, 2.75) is 20.3 Å². The van der Waals surface area contributed by atoms with Gasteiger partial charge in [0.25, 0.3) is 0 Å². The van der Waals surface area contributed by atoms with Gasteiger partial charge in [0, 0.05) is 5.71 Å². The predicted octanol–water partition coefficient (Wildman–Crippen LogP) is 4.40. The van der Waals surface area contributed by atoms with E-state index in [1.54, 1.807) is 7.11 Å². The molecule has 0 aliphatic heterocycles. The van der Waals surface area contributed by atoms with E-state index < -0.39 is 0 Å². The molecule has 0 bridgehead atoms. The quantitative estimate of drug-likeness (QED) is 0.740. The molecule has 0 aromatic heterocycles. The zero-order chi connectivity index (χ0) is 13.7. The molecule has 2 nitrogen and oxygen atoms in total. The van der Waals surface area contributed by atoms with Gasteiger partial charge in [0.1, 0.15) is 5.75 Å². The minimum absolute atomic E-state index is 0.851. The maximum Gasteiger partial charge on any atom is 0.119 e. The van der Waals surface area contributed by atoms with Crippen molar-refractivity contribution in [3.8, 4) is 5.75 Å². The van der Waals surface area contributed by atoms with E-state index in [1.165, 1.54) is 5.56 Å². The van der Waals surface area contributed by atoms with E-state index in [4.69, 9.17) is 4.74 Å². The van der Waals surface area contributed by atoms with Gasteiger partial charge in [-0.15, -0.1) is 0 Å². The fourth-order valence-electron chi connectivity index (χ4n) is 1.90. The van der Waals surface area contributed by atoms with E-state index in [-0.39, 0.29) is 0 Å². The topological polar surface area (TPSA) is 21.6 Å². The predicted molar refractivity (Wildman–Crippen MR) is 80.7 cm³/mol. The van der Waals surface area contributed by atoms with Crippen LogP contribution in [0.1, 0.15) is 25.0 Å². The van der Waals surface area contributed by atoms with Gasteiger partial charge in [-0.2, -0.15) is 0 Å². The first-order valence-corrected chi connectivity index (χ1v) is 6.51. The second-order valence-corrected chi connectivity index (χ2v) is 4.45. The molecule has 0 saturated heterocycles. The first-order valence-electron chi connectivity index (χ1n) is 6.51. The molecule has 2 aromatic carbocycles. The van der Waals surface area contributed by atoms with Crippen LogP contribution in [0.2, 0.25) is 0 Å². The molecule has 98 valence electrons. The highest BCUT2D eigenvalue weighted by Crippen LogP contribution is 2.19. The van der Waals surface area contributed by atoms with Gasteiger partial charge in [0.15, 0.2) is 0 Å². The summed E-state index contributed by atoms with van der Waals surface area (Å²) < 4.78 is 5.14.